The number of carboxylic acids is 1. The molecule has 31 heavy (non-hydrogen) atoms. The van der Waals surface area contributed by atoms with Crippen molar-refractivity contribution in [1.29, 1.82) is 0 Å². The molecule has 1 aliphatic heterocycles. The van der Waals surface area contributed by atoms with Crippen LogP contribution in [0.3, 0.4) is 0 Å². The highest BCUT2D eigenvalue weighted by Gasteiger charge is 2.72. The van der Waals surface area contributed by atoms with Gasteiger partial charge in [0.2, 0.25) is 5.91 Å². The molecule has 8 aliphatic carbocycles. The SMILES string of the molecule is O=C(O)C12CC3CC(C1)CC(C14CC5CC(CC(C(=O)N6CCOCC6)(C5)C1)C4)(C3)C2. The van der Waals surface area contributed by atoms with Crippen LogP contribution < -0.4 is 0 Å². The summed E-state index contributed by atoms with van der Waals surface area (Å²) in [6.45, 7) is 2.85. The van der Waals surface area contributed by atoms with E-state index in [4.69, 9.17) is 4.74 Å². The predicted octanol–water partition coefficient (Wildman–Crippen LogP) is 4.10. The number of hydrogen-bond donors (Lipinski definition) is 1. The third-order valence-corrected chi connectivity index (χ3v) is 11.5. The van der Waals surface area contributed by atoms with Crippen LogP contribution in [0.1, 0.15) is 77.0 Å². The molecule has 1 N–H and O–H groups in total. The van der Waals surface area contributed by atoms with Crippen molar-refractivity contribution in [2.24, 2.45) is 45.3 Å². The zero-order valence-electron chi connectivity index (χ0n) is 18.7. The van der Waals surface area contributed by atoms with E-state index in [9.17, 15) is 14.7 Å². The highest BCUT2D eigenvalue weighted by atomic mass is 16.5. The van der Waals surface area contributed by atoms with E-state index in [2.05, 4.69) is 4.90 Å². The number of aliphatic carboxylic acids is 1. The van der Waals surface area contributed by atoms with Gasteiger partial charge in [-0.3, -0.25) is 9.59 Å². The van der Waals surface area contributed by atoms with Gasteiger partial charge in [-0.15, -0.1) is 0 Å². The number of ether oxygens (including phenoxy) is 1. The molecule has 9 rings (SSSR count). The largest absolute Gasteiger partial charge is 0.481 e. The first kappa shape index (κ1) is 19.4. The van der Waals surface area contributed by atoms with E-state index < -0.39 is 11.4 Å². The van der Waals surface area contributed by atoms with Crippen molar-refractivity contribution in [3.63, 3.8) is 0 Å². The lowest BCUT2D eigenvalue weighted by atomic mass is 9.31. The van der Waals surface area contributed by atoms with E-state index >= 15 is 0 Å². The molecule has 0 radical (unpaired) electrons. The minimum absolute atomic E-state index is 0.166. The molecule has 1 saturated heterocycles. The van der Waals surface area contributed by atoms with E-state index in [-0.39, 0.29) is 16.2 Å². The molecule has 170 valence electrons. The van der Waals surface area contributed by atoms with Gasteiger partial charge in [-0.2, -0.15) is 0 Å². The molecule has 5 heteroatoms. The highest BCUT2D eigenvalue weighted by molar-refractivity contribution is 5.83. The fraction of sp³-hybridized carbons (Fsp3) is 0.923. The number of morpholine rings is 1. The molecule has 8 saturated carbocycles. The summed E-state index contributed by atoms with van der Waals surface area (Å²) in [6.07, 6.45) is 13.6. The molecule has 4 atom stereocenters. The molecule has 0 aromatic rings. The number of rotatable bonds is 3. The summed E-state index contributed by atoms with van der Waals surface area (Å²) in [5, 5.41) is 10.3. The number of carbonyl (C=O) groups excluding carboxylic acids is 1. The Kier molecular flexibility index (Phi) is 3.79. The van der Waals surface area contributed by atoms with Gasteiger partial charge in [0.25, 0.3) is 0 Å². The van der Waals surface area contributed by atoms with Gasteiger partial charge < -0.3 is 14.7 Å². The van der Waals surface area contributed by atoms with Crippen LogP contribution in [0.15, 0.2) is 0 Å². The Hall–Kier alpha value is -1.10. The average Bonchev–Trinajstić information content (AvgIpc) is 2.72. The summed E-state index contributed by atoms with van der Waals surface area (Å²) in [5.41, 5.74) is -0.225. The van der Waals surface area contributed by atoms with Crippen LogP contribution in [-0.4, -0.2) is 48.2 Å². The van der Waals surface area contributed by atoms with E-state index in [0.29, 0.717) is 42.8 Å². The van der Waals surface area contributed by atoms with Crippen LogP contribution >= 0.6 is 0 Å². The maximum atomic E-state index is 14.0. The summed E-state index contributed by atoms with van der Waals surface area (Å²) < 4.78 is 5.54. The van der Waals surface area contributed by atoms with E-state index in [1.165, 1.54) is 38.5 Å². The average molecular weight is 428 g/mol. The topological polar surface area (TPSA) is 66.8 Å². The molecule has 8 bridgehead atoms. The minimum Gasteiger partial charge on any atom is -0.481 e. The third kappa shape index (κ3) is 2.48. The summed E-state index contributed by atoms with van der Waals surface area (Å²) in [7, 11) is 0. The van der Waals surface area contributed by atoms with Crippen LogP contribution in [0.4, 0.5) is 0 Å². The summed E-state index contributed by atoms with van der Waals surface area (Å²) in [5.74, 6) is 2.48. The number of hydrogen-bond acceptors (Lipinski definition) is 3. The van der Waals surface area contributed by atoms with E-state index in [1.54, 1.807) is 0 Å². The molecule has 9 fully saturated rings. The fourth-order valence-electron chi connectivity index (χ4n) is 11.4. The first-order valence-electron chi connectivity index (χ1n) is 13.0. The molecular formula is C26H37NO4. The lowest BCUT2D eigenvalue weighted by Gasteiger charge is -2.73. The van der Waals surface area contributed by atoms with Crippen LogP contribution in [0.25, 0.3) is 0 Å². The van der Waals surface area contributed by atoms with Crippen molar-refractivity contribution in [3.05, 3.63) is 0 Å². The van der Waals surface area contributed by atoms with E-state index in [0.717, 1.165) is 51.6 Å². The third-order valence-electron chi connectivity index (χ3n) is 11.5. The molecule has 1 amide bonds. The maximum absolute atomic E-state index is 14.0. The molecule has 1 heterocycles. The second kappa shape index (κ2) is 6.07. The molecule has 4 unspecified atom stereocenters. The molecule has 9 aliphatic rings. The van der Waals surface area contributed by atoms with Gasteiger partial charge in [-0.1, -0.05) is 0 Å². The molecule has 0 spiro atoms. The minimum atomic E-state index is -0.519. The van der Waals surface area contributed by atoms with Gasteiger partial charge in [0, 0.05) is 13.1 Å². The Morgan fingerprint density at radius 3 is 1.65 bits per heavy atom. The monoisotopic (exact) mass is 427 g/mol. The first-order chi connectivity index (χ1) is 14.9. The molecular weight excluding hydrogens is 390 g/mol. The number of amides is 1. The normalized spacial score (nSPS) is 54.4. The maximum Gasteiger partial charge on any atom is 0.309 e. The number of carboxylic acid groups (broad SMARTS) is 1. The van der Waals surface area contributed by atoms with Crippen LogP contribution in [0, 0.1) is 45.3 Å². The Morgan fingerprint density at radius 2 is 1.16 bits per heavy atom. The van der Waals surface area contributed by atoms with Gasteiger partial charge in [0.05, 0.1) is 24.0 Å². The van der Waals surface area contributed by atoms with Gasteiger partial charge in [-0.05, 0) is 112 Å². The van der Waals surface area contributed by atoms with Gasteiger partial charge in [0.15, 0.2) is 0 Å². The van der Waals surface area contributed by atoms with Gasteiger partial charge in [-0.25, -0.2) is 0 Å². The van der Waals surface area contributed by atoms with Crippen LogP contribution in [0.2, 0.25) is 0 Å². The summed E-state index contributed by atoms with van der Waals surface area (Å²) in [6, 6.07) is 0. The van der Waals surface area contributed by atoms with Crippen molar-refractivity contribution < 1.29 is 19.4 Å². The summed E-state index contributed by atoms with van der Waals surface area (Å²) >= 11 is 0. The summed E-state index contributed by atoms with van der Waals surface area (Å²) in [4.78, 5) is 28.6. The van der Waals surface area contributed by atoms with Crippen molar-refractivity contribution in [2.75, 3.05) is 26.3 Å². The zero-order chi connectivity index (χ0) is 21.1. The van der Waals surface area contributed by atoms with Crippen molar-refractivity contribution >= 4 is 11.9 Å². The first-order valence-corrected chi connectivity index (χ1v) is 13.0. The lowest BCUT2D eigenvalue weighted by molar-refractivity contribution is -0.241. The van der Waals surface area contributed by atoms with E-state index in [1.807, 2.05) is 0 Å². The fourth-order valence-corrected chi connectivity index (χ4v) is 11.4. The van der Waals surface area contributed by atoms with Crippen molar-refractivity contribution in [3.8, 4) is 0 Å². The predicted molar refractivity (Wildman–Crippen MR) is 114 cm³/mol. The lowest BCUT2D eigenvalue weighted by Crippen LogP contribution is -2.67. The van der Waals surface area contributed by atoms with Gasteiger partial charge >= 0.3 is 5.97 Å². The van der Waals surface area contributed by atoms with Crippen molar-refractivity contribution in [2.45, 2.75) is 77.0 Å². The zero-order valence-corrected chi connectivity index (χ0v) is 18.7. The molecule has 0 aromatic heterocycles. The number of carbonyl (C=O) groups is 2. The van der Waals surface area contributed by atoms with Gasteiger partial charge in [0.1, 0.15) is 0 Å². The smallest absolute Gasteiger partial charge is 0.309 e. The Morgan fingerprint density at radius 1 is 0.710 bits per heavy atom. The van der Waals surface area contributed by atoms with Crippen molar-refractivity contribution in [1.82, 2.24) is 4.90 Å². The quantitative estimate of drug-likeness (QED) is 0.736. The Labute approximate surface area is 185 Å². The second-order valence-electron chi connectivity index (χ2n) is 13.3. The van der Waals surface area contributed by atoms with Crippen LogP contribution in [0.5, 0.6) is 0 Å². The molecule has 5 nitrogen and oxygen atoms in total. The Bertz CT molecular complexity index is 801. The van der Waals surface area contributed by atoms with Crippen LogP contribution in [-0.2, 0) is 14.3 Å². The number of nitrogens with zero attached hydrogens (tertiary/aromatic N) is 1. The Balaban J connectivity index is 1.28. The molecule has 0 aromatic carbocycles. The standard InChI is InChI=1S/C26H37NO4/c28-21(27-1-3-31-4-2-27)23-7-17-5-18(8-23)12-25(11-17,15-23)26-13-19-6-20(14-26)10-24(9-19,16-26)22(29)30/h17-20H,1-16H2,(H,29,30). The highest BCUT2D eigenvalue weighted by Crippen LogP contribution is 2.78. The second-order valence-corrected chi connectivity index (χ2v) is 13.3.